The zero-order valence-corrected chi connectivity index (χ0v) is 16.0. The van der Waals surface area contributed by atoms with Crippen molar-refractivity contribution in [3.63, 3.8) is 0 Å². The first-order valence-corrected chi connectivity index (χ1v) is 9.37. The molecule has 140 valence electrons. The summed E-state index contributed by atoms with van der Waals surface area (Å²) in [4.78, 5) is 28.1. The van der Waals surface area contributed by atoms with Crippen LogP contribution in [0.15, 0.2) is 72.8 Å². The fourth-order valence-electron chi connectivity index (χ4n) is 3.80. The van der Waals surface area contributed by atoms with Gasteiger partial charge in [-0.3, -0.25) is 9.59 Å². The predicted molar refractivity (Wildman–Crippen MR) is 110 cm³/mol. The van der Waals surface area contributed by atoms with E-state index in [1.54, 1.807) is 4.90 Å². The molecule has 0 fully saturated rings. The molecule has 1 aliphatic heterocycles. The molecule has 0 saturated heterocycles. The summed E-state index contributed by atoms with van der Waals surface area (Å²) in [6.45, 7) is 4.36. The topological polar surface area (TPSA) is 49.4 Å². The minimum Gasteiger partial charge on any atom is -0.323 e. The van der Waals surface area contributed by atoms with Crippen LogP contribution < -0.4 is 5.32 Å². The number of carbonyl (C=O) groups excluding carboxylic acids is 2. The van der Waals surface area contributed by atoms with Gasteiger partial charge in [0.05, 0.1) is 0 Å². The van der Waals surface area contributed by atoms with E-state index in [0.29, 0.717) is 12.1 Å². The number of amides is 2. The van der Waals surface area contributed by atoms with Crippen LogP contribution in [0.25, 0.3) is 0 Å². The standard InChI is InChI=1S/C24H22N2O2/c1-16-9-8-10-17(2)21(16)25-23(27)22(18-11-4-3-5-12-18)26-15-19-13-6-7-14-20(19)24(26)28/h3-14,22H,15H2,1-2H3,(H,25,27)/t22-/m0/s1. The first-order chi connectivity index (χ1) is 13.6. The third kappa shape index (κ3) is 3.18. The van der Waals surface area contributed by atoms with Gasteiger partial charge in [0, 0.05) is 17.8 Å². The van der Waals surface area contributed by atoms with E-state index in [2.05, 4.69) is 5.32 Å². The van der Waals surface area contributed by atoms with Crippen LogP contribution in [-0.4, -0.2) is 16.7 Å². The van der Waals surface area contributed by atoms with Crippen molar-refractivity contribution in [1.82, 2.24) is 4.90 Å². The van der Waals surface area contributed by atoms with Crippen molar-refractivity contribution in [1.29, 1.82) is 0 Å². The Morgan fingerprint density at radius 1 is 0.893 bits per heavy atom. The van der Waals surface area contributed by atoms with Gasteiger partial charge in [-0.15, -0.1) is 0 Å². The Hall–Kier alpha value is -3.40. The largest absolute Gasteiger partial charge is 0.323 e. The van der Waals surface area contributed by atoms with E-state index in [-0.39, 0.29) is 11.8 Å². The second-order valence-corrected chi connectivity index (χ2v) is 7.16. The number of fused-ring (bicyclic) bond motifs is 1. The number of rotatable bonds is 4. The molecule has 4 rings (SSSR count). The number of carbonyl (C=O) groups is 2. The highest BCUT2D eigenvalue weighted by Gasteiger charge is 2.37. The number of aryl methyl sites for hydroxylation is 2. The summed E-state index contributed by atoms with van der Waals surface area (Å²) in [7, 11) is 0. The lowest BCUT2D eigenvalue weighted by Gasteiger charge is -2.28. The molecule has 0 unspecified atom stereocenters. The summed E-state index contributed by atoms with van der Waals surface area (Å²) < 4.78 is 0. The lowest BCUT2D eigenvalue weighted by molar-refractivity contribution is -0.120. The van der Waals surface area contributed by atoms with E-state index in [4.69, 9.17) is 0 Å². The van der Waals surface area contributed by atoms with Crippen molar-refractivity contribution in [2.75, 3.05) is 5.32 Å². The van der Waals surface area contributed by atoms with E-state index in [1.807, 2.05) is 86.6 Å². The predicted octanol–water partition coefficient (Wildman–Crippen LogP) is 4.64. The minimum atomic E-state index is -0.694. The third-order valence-corrected chi connectivity index (χ3v) is 5.25. The van der Waals surface area contributed by atoms with Crippen molar-refractivity contribution < 1.29 is 9.59 Å². The maximum absolute atomic E-state index is 13.4. The molecule has 3 aromatic rings. The van der Waals surface area contributed by atoms with Crippen molar-refractivity contribution >= 4 is 17.5 Å². The molecule has 4 nitrogen and oxygen atoms in total. The van der Waals surface area contributed by atoms with E-state index in [9.17, 15) is 9.59 Å². The quantitative estimate of drug-likeness (QED) is 0.727. The molecule has 2 amide bonds. The first kappa shape index (κ1) is 18.0. The molecule has 4 heteroatoms. The molecular formula is C24H22N2O2. The van der Waals surface area contributed by atoms with Gasteiger partial charge < -0.3 is 10.2 Å². The Balaban J connectivity index is 1.72. The highest BCUT2D eigenvalue weighted by atomic mass is 16.2. The van der Waals surface area contributed by atoms with Gasteiger partial charge in [0.25, 0.3) is 11.8 Å². The molecular weight excluding hydrogens is 348 g/mol. The van der Waals surface area contributed by atoms with Gasteiger partial charge in [-0.2, -0.15) is 0 Å². The number of nitrogens with one attached hydrogen (secondary N) is 1. The highest BCUT2D eigenvalue weighted by Crippen LogP contribution is 2.33. The van der Waals surface area contributed by atoms with Crippen molar-refractivity contribution in [2.45, 2.75) is 26.4 Å². The number of hydrogen-bond donors (Lipinski definition) is 1. The number of anilines is 1. The van der Waals surface area contributed by atoms with Crippen molar-refractivity contribution in [2.24, 2.45) is 0 Å². The molecule has 1 heterocycles. The number of para-hydroxylation sites is 1. The van der Waals surface area contributed by atoms with Crippen LogP contribution in [0.3, 0.4) is 0 Å². The van der Waals surface area contributed by atoms with E-state index in [1.165, 1.54) is 0 Å². The Morgan fingerprint density at radius 3 is 2.21 bits per heavy atom. The molecule has 0 bridgehead atoms. The molecule has 1 atom stereocenters. The average Bonchev–Trinajstić information content (AvgIpc) is 3.03. The SMILES string of the molecule is Cc1cccc(C)c1NC(=O)[C@H](c1ccccc1)N1Cc2ccccc2C1=O. The fourth-order valence-corrected chi connectivity index (χ4v) is 3.80. The number of hydrogen-bond acceptors (Lipinski definition) is 2. The number of benzene rings is 3. The molecule has 0 aromatic heterocycles. The number of nitrogens with zero attached hydrogens (tertiary/aromatic N) is 1. The second-order valence-electron chi connectivity index (χ2n) is 7.16. The lowest BCUT2D eigenvalue weighted by Crippen LogP contribution is -2.37. The smallest absolute Gasteiger partial charge is 0.255 e. The summed E-state index contributed by atoms with van der Waals surface area (Å²) >= 11 is 0. The van der Waals surface area contributed by atoms with Crippen LogP contribution >= 0.6 is 0 Å². The van der Waals surface area contributed by atoms with Crippen LogP contribution in [0.2, 0.25) is 0 Å². The van der Waals surface area contributed by atoms with Crippen LogP contribution in [0.5, 0.6) is 0 Å². The summed E-state index contributed by atoms with van der Waals surface area (Å²) in [6.07, 6.45) is 0. The maximum Gasteiger partial charge on any atom is 0.255 e. The average molecular weight is 370 g/mol. The van der Waals surface area contributed by atoms with Gasteiger partial charge in [-0.25, -0.2) is 0 Å². The van der Waals surface area contributed by atoms with E-state index >= 15 is 0 Å². The second kappa shape index (κ2) is 7.31. The third-order valence-electron chi connectivity index (χ3n) is 5.25. The lowest BCUT2D eigenvalue weighted by atomic mass is 10.0. The van der Waals surface area contributed by atoms with Crippen LogP contribution in [0.1, 0.15) is 38.7 Å². The molecule has 1 N–H and O–H groups in total. The fraction of sp³-hybridized carbons (Fsp3) is 0.167. The van der Waals surface area contributed by atoms with Gasteiger partial charge in [-0.05, 0) is 42.2 Å². The van der Waals surface area contributed by atoms with Crippen LogP contribution in [-0.2, 0) is 11.3 Å². The minimum absolute atomic E-state index is 0.110. The summed E-state index contributed by atoms with van der Waals surface area (Å²) in [5, 5.41) is 3.07. The molecule has 0 saturated carbocycles. The molecule has 0 aliphatic carbocycles. The summed E-state index contributed by atoms with van der Waals surface area (Å²) in [6, 6.07) is 22.2. The summed E-state index contributed by atoms with van der Waals surface area (Å²) in [5.41, 5.74) is 5.22. The molecule has 1 aliphatic rings. The highest BCUT2D eigenvalue weighted by molar-refractivity contribution is 6.04. The molecule has 28 heavy (non-hydrogen) atoms. The Kier molecular flexibility index (Phi) is 4.70. The Bertz CT molecular complexity index is 1020. The zero-order valence-electron chi connectivity index (χ0n) is 16.0. The van der Waals surface area contributed by atoms with Gasteiger partial charge in [-0.1, -0.05) is 66.7 Å². The first-order valence-electron chi connectivity index (χ1n) is 9.37. The monoisotopic (exact) mass is 370 g/mol. The Morgan fingerprint density at radius 2 is 1.54 bits per heavy atom. The van der Waals surface area contributed by atoms with E-state index in [0.717, 1.165) is 27.9 Å². The zero-order chi connectivity index (χ0) is 19.7. The molecule has 3 aromatic carbocycles. The van der Waals surface area contributed by atoms with E-state index < -0.39 is 6.04 Å². The van der Waals surface area contributed by atoms with Crippen LogP contribution in [0.4, 0.5) is 5.69 Å². The van der Waals surface area contributed by atoms with Crippen molar-refractivity contribution in [3.8, 4) is 0 Å². The van der Waals surface area contributed by atoms with Gasteiger partial charge in [0.2, 0.25) is 0 Å². The van der Waals surface area contributed by atoms with Gasteiger partial charge >= 0.3 is 0 Å². The molecule has 0 spiro atoms. The van der Waals surface area contributed by atoms with Gasteiger partial charge in [0.1, 0.15) is 6.04 Å². The van der Waals surface area contributed by atoms with Crippen LogP contribution in [0, 0.1) is 13.8 Å². The Labute approximate surface area is 164 Å². The van der Waals surface area contributed by atoms with Crippen molar-refractivity contribution in [3.05, 3.63) is 101 Å². The normalized spacial score (nSPS) is 13.9. The summed E-state index contributed by atoms with van der Waals surface area (Å²) in [5.74, 6) is -0.314. The molecule has 0 radical (unpaired) electrons. The van der Waals surface area contributed by atoms with Gasteiger partial charge in [0.15, 0.2) is 0 Å². The maximum atomic E-state index is 13.4.